The Kier molecular flexibility index (Phi) is 8.61. The summed E-state index contributed by atoms with van der Waals surface area (Å²) in [6, 6.07) is 11.8. The first-order valence-electron chi connectivity index (χ1n) is 20.6. The number of aliphatic hydroxyl groups is 2. The molecule has 3 N–H and O–H groups in total. The molecule has 5 aliphatic heterocycles. The molecular formula is C45H58N4O7. The third-order valence-corrected chi connectivity index (χ3v) is 15.9. The standard InChI is InChI=1S/C45H58N4O7/c1-8-41(52)23-28-24-44(39(50)55-6,36-30(15-19-48(25-28)26-41)29-13-10-11-14-33(29)46-36)32-21-31-34(22-35(32)54-5)47(4)38-43(31)17-20-49-18-12-16-42(9-2,37(43)49)27(3)45(38,53)40(51)56-7/h10-14,16,21-22,27-28,37-38,46,52-53H,8-9,15,17-20,23-26H2,1-7H3/t27-,28+,37+,38-,41+,42+,43-,44-,45+/m1/s1. The zero-order valence-corrected chi connectivity index (χ0v) is 34.0. The van der Waals surface area contributed by atoms with E-state index in [0.29, 0.717) is 50.0 Å². The number of anilines is 1. The molecule has 0 radical (unpaired) electrons. The van der Waals surface area contributed by atoms with Crippen molar-refractivity contribution >= 4 is 28.5 Å². The van der Waals surface area contributed by atoms with Crippen LogP contribution in [-0.2, 0) is 36.3 Å². The first-order chi connectivity index (χ1) is 26.8. The molecule has 1 unspecified atom stereocenters. The van der Waals surface area contributed by atoms with Crippen LogP contribution in [0.25, 0.3) is 10.9 Å². The Morgan fingerprint density at radius 2 is 1.73 bits per heavy atom. The number of para-hydroxylation sites is 1. The number of esters is 2. The second-order valence-corrected chi connectivity index (χ2v) is 17.9. The van der Waals surface area contributed by atoms with Gasteiger partial charge in [-0.2, -0.15) is 0 Å². The summed E-state index contributed by atoms with van der Waals surface area (Å²) in [4.78, 5) is 40.3. The van der Waals surface area contributed by atoms with E-state index in [2.05, 4.69) is 57.0 Å². The maximum Gasteiger partial charge on any atom is 0.340 e. The first kappa shape index (κ1) is 37.7. The van der Waals surface area contributed by atoms with Gasteiger partial charge in [0.05, 0.1) is 33.0 Å². The van der Waals surface area contributed by atoms with Crippen LogP contribution < -0.4 is 9.64 Å². The number of ether oxygens (including phenoxy) is 3. The second kappa shape index (κ2) is 12.8. The van der Waals surface area contributed by atoms with Crippen molar-refractivity contribution in [1.82, 2.24) is 14.8 Å². The summed E-state index contributed by atoms with van der Waals surface area (Å²) in [5.41, 5.74) is 0.0814. The fraction of sp³-hybridized carbons (Fsp3) is 0.600. The lowest BCUT2D eigenvalue weighted by Crippen LogP contribution is -2.78. The molecule has 2 aromatic carbocycles. The van der Waals surface area contributed by atoms with Gasteiger partial charge in [0.2, 0.25) is 0 Å². The van der Waals surface area contributed by atoms with Crippen molar-refractivity contribution in [2.45, 2.75) is 93.4 Å². The number of hydrogen-bond donors (Lipinski definition) is 3. The zero-order chi connectivity index (χ0) is 39.6. The van der Waals surface area contributed by atoms with Crippen LogP contribution >= 0.6 is 0 Å². The van der Waals surface area contributed by atoms with Crippen LogP contribution in [0.15, 0.2) is 48.6 Å². The van der Waals surface area contributed by atoms with Gasteiger partial charge in [-0.25, -0.2) is 4.79 Å². The van der Waals surface area contributed by atoms with Crippen molar-refractivity contribution in [2.24, 2.45) is 17.3 Å². The molecule has 2 saturated heterocycles. The quantitative estimate of drug-likeness (QED) is 0.240. The Bertz CT molecular complexity index is 2130. The molecular weight excluding hydrogens is 709 g/mol. The summed E-state index contributed by atoms with van der Waals surface area (Å²) < 4.78 is 17.9. The van der Waals surface area contributed by atoms with E-state index in [-0.39, 0.29) is 17.9 Å². The van der Waals surface area contributed by atoms with Gasteiger partial charge in [-0.1, -0.05) is 51.1 Å². The predicted octanol–water partition coefficient (Wildman–Crippen LogP) is 4.70. The van der Waals surface area contributed by atoms with Gasteiger partial charge in [-0.3, -0.25) is 14.6 Å². The van der Waals surface area contributed by atoms with Gasteiger partial charge in [-0.15, -0.1) is 0 Å². The minimum absolute atomic E-state index is 0.0235. The minimum atomic E-state index is -1.85. The van der Waals surface area contributed by atoms with Crippen LogP contribution in [-0.4, -0.2) is 121 Å². The molecule has 300 valence electrons. The lowest BCUT2D eigenvalue weighted by molar-refractivity contribution is -0.197. The third kappa shape index (κ3) is 4.60. The van der Waals surface area contributed by atoms with Gasteiger partial charge in [0.1, 0.15) is 11.2 Å². The summed E-state index contributed by atoms with van der Waals surface area (Å²) in [5, 5.41) is 26.2. The Labute approximate surface area is 329 Å². The number of benzene rings is 2. The number of hydrogen-bond acceptors (Lipinski definition) is 10. The van der Waals surface area contributed by atoms with Crippen LogP contribution in [0.2, 0.25) is 0 Å². The fourth-order valence-corrected chi connectivity index (χ4v) is 13.6. The van der Waals surface area contributed by atoms with E-state index in [9.17, 15) is 15.0 Å². The van der Waals surface area contributed by atoms with Crippen molar-refractivity contribution in [1.29, 1.82) is 0 Å². The van der Waals surface area contributed by atoms with Crippen LogP contribution in [0, 0.1) is 17.3 Å². The Morgan fingerprint density at radius 1 is 0.964 bits per heavy atom. The van der Waals surface area contributed by atoms with Crippen LogP contribution in [0.5, 0.6) is 5.75 Å². The molecule has 11 heteroatoms. The topological polar surface area (TPSA) is 128 Å². The highest BCUT2D eigenvalue weighted by atomic mass is 16.5. The Morgan fingerprint density at radius 3 is 2.45 bits per heavy atom. The molecule has 0 amide bonds. The number of carbonyl (C=O) groups excluding carboxylic acids is 2. The van der Waals surface area contributed by atoms with Gasteiger partial charge in [0.15, 0.2) is 5.60 Å². The van der Waals surface area contributed by atoms with E-state index in [0.717, 1.165) is 66.0 Å². The first-order valence-corrected chi connectivity index (χ1v) is 20.6. The largest absolute Gasteiger partial charge is 0.496 e. The van der Waals surface area contributed by atoms with E-state index in [1.807, 2.05) is 39.1 Å². The van der Waals surface area contributed by atoms with Gasteiger partial charge in [-0.05, 0) is 74.2 Å². The zero-order valence-electron chi connectivity index (χ0n) is 34.0. The number of methoxy groups -OCH3 is 3. The normalized spacial score (nSPS) is 38.4. The molecule has 6 aliphatic rings. The molecule has 10 atom stereocenters. The summed E-state index contributed by atoms with van der Waals surface area (Å²) in [6.07, 6.45) is 8.16. The smallest absolute Gasteiger partial charge is 0.340 e. The molecule has 6 heterocycles. The molecule has 11 nitrogen and oxygen atoms in total. The van der Waals surface area contributed by atoms with Crippen molar-refractivity contribution < 1.29 is 34.0 Å². The Hall–Kier alpha value is -3.90. The SMILES string of the molecule is CC[C@]1(O)C[C@@H]2CN(CCc3c([nH]c4ccccc34)[C@](C(=O)OC)(c3cc4c(cc3OC)N(C)[C@H]3[C@](O)(C(=O)OC)[C@H](C)[C@]5(CC)C=CCN6CC[C@]43[C@@H]65)C2)C1. The molecule has 1 aromatic heterocycles. The average Bonchev–Trinajstić information content (AvgIpc) is 3.87. The number of carbonyl (C=O) groups is 2. The van der Waals surface area contributed by atoms with Gasteiger partial charge < -0.3 is 34.3 Å². The van der Waals surface area contributed by atoms with Crippen LogP contribution in [0.1, 0.15) is 75.3 Å². The summed E-state index contributed by atoms with van der Waals surface area (Å²) in [7, 11) is 6.46. The summed E-state index contributed by atoms with van der Waals surface area (Å²) >= 11 is 0. The average molecular weight is 767 g/mol. The predicted molar refractivity (Wildman–Crippen MR) is 214 cm³/mol. The van der Waals surface area contributed by atoms with Crippen molar-refractivity contribution in [3.05, 3.63) is 70.9 Å². The molecule has 3 fully saturated rings. The number of rotatable bonds is 6. The number of fused-ring (bicyclic) bond motifs is 6. The van der Waals surface area contributed by atoms with Gasteiger partial charge in [0, 0.05) is 89.9 Å². The van der Waals surface area contributed by atoms with Crippen molar-refractivity contribution in [2.75, 3.05) is 66.0 Å². The van der Waals surface area contributed by atoms with Gasteiger partial charge in [0.25, 0.3) is 0 Å². The molecule has 9 rings (SSSR count). The molecule has 1 spiro atoms. The molecule has 3 aromatic rings. The van der Waals surface area contributed by atoms with Crippen LogP contribution in [0.4, 0.5) is 5.69 Å². The highest BCUT2D eigenvalue weighted by Gasteiger charge is 2.78. The third-order valence-electron chi connectivity index (χ3n) is 15.9. The summed E-state index contributed by atoms with van der Waals surface area (Å²) in [6.45, 7) is 9.90. The number of piperidine rings is 1. The van der Waals surface area contributed by atoms with Crippen molar-refractivity contribution in [3.8, 4) is 5.75 Å². The lowest BCUT2D eigenvalue weighted by Gasteiger charge is -2.64. The van der Waals surface area contributed by atoms with E-state index in [4.69, 9.17) is 14.2 Å². The number of aromatic nitrogens is 1. The van der Waals surface area contributed by atoms with E-state index >= 15 is 4.79 Å². The molecule has 1 aliphatic carbocycles. The number of aromatic amines is 1. The highest BCUT2D eigenvalue weighted by molar-refractivity contribution is 5.94. The number of nitrogens with one attached hydrogen (secondary N) is 1. The van der Waals surface area contributed by atoms with Crippen molar-refractivity contribution in [3.63, 3.8) is 0 Å². The lowest BCUT2D eigenvalue weighted by atomic mass is 9.45. The van der Waals surface area contributed by atoms with E-state index in [1.54, 1.807) is 7.11 Å². The van der Waals surface area contributed by atoms with Crippen LogP contribution in [0.3, 0.4) is 0 Å². The molecule has 56 heavy (non-hydrogen) atoms. The minimum Gasteiger partial charge on any atom is -0.496 e. The maximum atomic E-state index is 15.3. The maximum absolute atomic E-state index is 15.3. The second-order valence-electron chi connectivity index (χ2n) is 17.9. The molecule has 1 saturated carbocycles. The highest BCUT2D eigenvalue weighted by Crippen LogP contribution is 2.69. The van der Waals surface area contributed by atoms with E-state index in [1.165, 1.54) is 14.2 Å². The molecule has 2 bridgehead atoms. The summed E-state index contributed by atoms with van der Waals surface area (Å²) in [5.74, 6) is -0.979. The van der Waals surface area contributed by atoms with Gasteiger partial charge >= 0.3 is 11.9 Å². The van der Waals surface area contributed by atoms with E-state index < -0.39 is 45.4 Å². The number of H-pyrrole nitrogens is 1. The fourth-order valence-electron chi connectivity index (χ4n) is 13.6. The number of nitrogens with zero attached hydrogens (tertiary/aromatic N) is 3. The monoisotopic (exact) mass is 766 g/mol. The number of likely N-dealkylation sites (N-methyl/N-ethyl adjacent to an activating group) is 1. The Balaban J connectivity index is 1.36.